The number of hydrogen-bond acceptors (Lipinski definition) is 4. The molecule has 0 spiro atoms. The lowest BCUT2D eigenvalue weighted by atomic mass is 9.71. The average Bonchev–Trinajstić information content (AvgIpc) is 3.79. The van der Waals surface area contributed by atoms with Gasteiger partial charge in [0.15, 0.2) is 0 Å². The molecule has 0 radical (unpaired) electrons. The number of aliphatic carboxylic acids is 1. The molecule has 2 aromatic rings. The molecule has 6 rings (SSSR count). The highest BCUT2D eigenvalue weighted by molar-refractivity contribution is 5.71. The monoisotopic (exact) mass is 625 g/mol. The Bertz CT molecular complexity index is 1380. The standard InChI is InChI=1S/C33H37F6NO4/c1-17(31(41)42)29(20-4-5-20)21-6-3-19-7-10-27(44-28(19)11-21)30-22-13-40(14-23(30)16-43-15-22)18(2)25-12-24(32(34,35)36)8-9-26(25)33(37,38)39/h3,6,8-9,11-12,17-18,20,22-23,27,29-30H,4-5,7,10,13-16H2,1-2H3,(H,41,42)/t17-,18-,22-,23+,27?,29-,30?/m0/s1. The quantitative estimate of drug-likeness (QED) is 0.322. The van der Waals surface area contributed by atoms with Gasteiger partial charge in [-0.05, 0) is 85.4 Å². The van der Waals surface area contributed by atoms with Gasteiger partial charge in [-0.2, -0.15) is 26.3 Å². The first-order valence-electron chi connectivity index (χ1n) is 15.3. The Hall–Kier alpha value is -2.79. The van der Waals surface area contributed by atoms with Crippen molar-refractivity contribution in [3.63, 3.8) is 0 Å². The van der Waals surface area contributed by atoms with Crippen LogP contribution in [0.3, 0.4) is 0 Å². The summed E-state index contributed by atoms with van der Waals surface area (Å²) in [7, 11) is 0. The fraction of sp³-hybridized carbons (Fsp3) is 0.606. The van der Waals surface area contributed by atoms with E-state index in [2.05, 4.69) is 0 Å². The van der Waals surface area contributed by atoms with E-state index in [0.29, 0.717) is 50.4 Å². The molecule has 3 fully saturated rings. The Morgan fingerprint density at radius 1 is 0.932 bits per heavy atom. The van der Waals surface area contributed by atoms with E-state index in [1.165, 1.54) is 0 Å². The van der Waals surface area contributed by atoms with Crippen LogP contribution in [-0.2, 0) is 28.3 Å². The maximum Gasteiger partial charge on any atom is 0.416 e. The maximum atomic E-state index is 13.9. The van der Waals surface area contributed by atoms with Gasteiger partial charge >= 0.3 is 18.3 Å². The Morgan fingerprint density at radius 2 is 1.61 bits per heavy atom. The molecule has 3 heterocycles. The number of nitrogens with zero attached hydrogens (tertiary/aromatic N) is 1. The molecule has 2 saturated heterocycles. The molecule has 44 heavy (non-hydrogen) atoms. The van der Waals surface area contributed by atoms with Crippen LogP contribution in [-0.4, -0.2) is 48.4 Å². The first-order chi connectivity index (χ1) is 20.7. The van der Waals surface area contributed by atoms with Crippen molar-refractivity contribution in [3.05, 3.63) is 64.2 Å². The lowest BCUT2D eigenvalue weighted by Crippen LogP contribution is -2.57. The highest BCUT2D eigenvalue weighted by Gasteiger charge is 2.48. The number of likely N-dealkylation sites (tertiary alicyclic amines) is 1. The second-order valence-corrected chi connectivity index (χ2v) is 13.1. The number of rotatable bonds is 7. The molecule has 1 saturated carbocycles. The van der Waals surface area contributed by atoms with Crippen LogP contribution in [0.1, 0.15) is 72.9 Å². The van der Waals surface area contributed by atoms with E-state index in [-0.39, 0.29) is 35.3 Å². The van der Waals surface area contributed by atoms with Crippen LogP contribution in [0.25, 0.3) is 0 Å². The molecule has 3 aliphatic heterocycles. The van der Waals surface area contributed by atoms with Gasteiger partial charge in [0, 0.05) is 36.9 Å². The first kappa shape index (κ1) is 31.2. The fourth-order valence-electron chi connectivity index (χ4n) is 7.93. The predicted octanol–water partition coefficient (Wildman–Crippen LogP) is 7.59. The number of carbonyl (C=O) groups is 1. The number of alkyl halides is 6. The average molecular weight is 626 g/mol. The van der Waals surface area contributed by atoms with E-state index in [1.807, 2.05) is 23.1 Å². The summed E-state index contributed by atoms with van der Waals surface area (Å²) in [5, 5.41) is 9.72. The van der Waals surface area contributed by atoms with E-state index in [1.54, 1.807) is 13.8 Å². The van der Waals surface area contributed by atoms with Crippen molar-refractivity contribution in [1.29, 1.82) is 0 Å². The Morgan fingerprint density at radius 3 is 2.20 bits per heavy atom. The van der Waals surface area contributed by atoms with Crippen LogP contribution in [0.4, 0.5) is 26.3 Å². The number of aryl methyl sites for hydroxylation is 1. The summed E-state index contributed by atoms with van der Waals surface area (Å²) < 4.78 is 94.7. The van der Waals surface area contributed by atoms with Crippen molar-refractivity contribution in [2.75, 3.05) is 26.3 Å². The topological polar surface area (TPSA) is 59.0 Å². The minimum absolute atomic E-state index is 0.0638. The van der Waals surface area contributed by atoms with E-state index in [9.17, 15) is 36.2 Å². The number of halogens is 6. The molecular formula is C33H37F6NO4. The molecular weight excluding hydrogens is 588 g/mol. The van der Waals surface area contributed by atoms with Gasteiger partial charge in [-0.1, -0.05) is 19.1 Å². The van der Waals surface area contributed by atoms with Crippen LogP contribution < -0.4 is 4.74 Å². The van der Waals surface area contributed by atoms with Crippen molar-refractivity contribution < 1.29 is 45.7 Å². The number of ether oxygens (including phenoxy) is 2. The highest BCUT2D eigenvalue weighted by atomic mass is 19.4. The maximum absolute atomic E-state index is 13.9. The molecule has 2 bridgehead atoms. The van der Waals surface area contributed by atoms with Crippen LogP contribution in [0.2, 0.25) is 0 Å². The third-order valence-electron chi connectivity index (χ3n) is 10.3. The second kappa shape index (κ2) is 11.5. The SMILES string of the molecule is C[C@H](C(=O)O)[C@H](c1ccc2c(c1)OC(C1[C@@H]3COC[C@H]1CN([C@@H](C)c1cc(C(F)(F)F)ccc1C(F)(F)F)C3)CC2)C1CC1. The molecule has 0 amide bonds. The number of fused-ring (bicyclic) bond motifs is 3. The summed E-state index contributed by atoms with van der Waals surface area (Å²) in [6.07, 6.45) is -6.11. The van der Waals surface area contributed by atoms with Gasteiger partial charge in [0.1, 0.15) is 11.9 Å². The third-order valence-corrected chi connectivity index (χ3v) is 10.3. The van der Waals surface area contributed by atoms with Crippen LogP contribution >= 0.6 is 0 Å². The zero-order chi connectivity index (χ0) is 31.6. The highest BCUT2D eigenvalue weighted by Crippen LogP contribution is 2.49. The minimum Gasteiger partial charge on any atom is -0.490 e. The van der Waals surface area contributed by atoms with Crippen molar-refractivity contribution in [1.82, 2.24) is 4.90 Å². The summed E-state index contributed by atoms with van der Waals surface area (Å²) >= 11 is 0. The number of carboxylic acids is 1. The third kappa shape index (κ3) is 6.06. The van der Waals surface area contributed by atoms with Gasteiger partial charge in [-0.25, -0.2) is 0 Å². The van der Waals surface area contributed by atoms with Gasteiger partial charge in [0.05, 0.1) is 30.3 Å². The Labute approximate surface area is 252 Å². The van der Waals surface area contributed by atoms with E-state index < -0.39 is 41.4 Å². The lowest BCUT2D eigenvalue weighted by Gasteiger charge is -2.51. The van der Waals surface area contributed by atoms with Gasteiger partial charge in [-0.3, -0.25) is 9.69 Å². The largest absolute Gasteiger partial charge is 0.490 e. The smallest absolute Gasteiger partial charge is 0.416 e. The van der Waals surface area contributed by atoms with Crippen LogP contribution in [0.15, 0.2) is 36.4 Å². The zero-order valence-electron chi connectivity index (χ0n) is 24.6. The van der Waals surface area contributed by atoms with E-state index >= 15 is 0 Å². The van der Waals surface area contributed by atoms with E-state index in [0.717, 1.165) is 42.6 Å². The van der Waals surface area contributed by atoms with Crippen molar-refractivity contribution in [2.45, 2.75) is 69.9 Å². The summed E-state index contributed by atoms with van der Waals surface area (Å²) in [5.41, 5.74) is -0.483. The van der Waals surface area contributed by atoms with Crippen molar-refractivity contribution in [2.24, 2.45) is 29.6 Å². The van der Waals surface area contributed by atoms with Gasteiger partial charge < -0.3 is 14.6 Å². The number of carboxylic acid groups (broad SMARTS) is 1. The second-order valence-electron chi connectivity index (χ2n) is 13.1. The van der Waals surface area contributed by atoms with E-state index in [4.69, 9.17) is 9.47 Å². The Kier molecular flexibility index (Phi) is 8.18. The number of hydrogen-bond donors (Lipinski definition) is 1. The molecule has 5 nitrogen and oxygen atoms in total. The minimum atomic E-state index is -4.78. The molecule has 2 aromatic carbocycles. The molecule has 0 aromatic heterocycles. The van der Waals surface area contributed by atoms with Crippen LogP contribution in [0, 0.1) is 29.6 Å². The van der Waals surface area contributed by atoms with Crippen molar-refractivity contribution >= 4 is 5.97 Å². The molecule has 7 atom stereocenters. The molecule has 240 valence electrons. The normalized spacial score (nSPS) is 28.0. The summed E-state index contributed by atoms with van der Waals surface area (Å²) in [6.45, 7) is 4.84. The zero-order valence-corrected chi connectivity index (χ0v) is 24.6. The van der Waals surface area contributed by atoms with Gasteiger partial charge in [0.25, 0.3) is 0 Å². The van der Waals surface area contributed by atoms with Crippen molar-refractivity contribution in [3.8, 4) is 5.75 Å². The molecule has 1 N–H and O–H groups in total. The Balaban J connectivity index is 1.22. The molecule has 4 aliphatic rings. The molecule has 1 aliphatic carbocycles. The summed E-state index contributed by atoms with van der Waals surface area (Å²) in [4.78, 5) is 13.7. The summed E-state index contributed by atoms with van der Waals surface area (Å²) in [5.74, 6) is -0.373. The fourth-order valence-corrected chi connectivity index (χ4v) is 7.93. The first-order valence-corrected chi connectivity index (χ1v) is 15.3. The number of benzene rings is 2. The number of piperidine rings is 1. The van der Waals surface area contributed by atoms with Crippen LogP contribution in [0.5, 0.6) is 5.75 Å². The summed E-state index contributed by atoms with van der Waals surface area (Å²) in [6, 6.07) is 6.85. The molecule has 2 unspecified atom stereocenters. The lowest BCUT2D eigenvalue weighted by molar-refractivity contribution is -0.143. The predicted molar refractivity (Wildman–Crippen MR) is 149 cm³/mol. The van der Waals surface area contributed by atoms with Gasteiger partial charge in [-0.15, -0.1) is 0 Å². The molecule has 11 heteroatoms. The van der Waals surface area contributed by atoms with Gasteiger partial charge in [0.2, 0.25) is 0 Å².